The van der Waals surface area contributed by atoms with Gasteiger partial charge >= 0.3 is 0 Å². The summed E-state index contributed by atoms with van der Waals surface area (Å²) in [7, 11) is 0. The number of benzene rings is 1. The minimum atomic E-state index is -0.686. The molecule has 2 rings (SSSR count). The van der Waals surface area contributed by atoms with E-state index >= 15 is 0 Å². The standard InChI is InChI=1S/C14H13BrF2N2O/c1-2-3-19-14(12(15)8-18-19)13(20)6-9-4-10(16)7-11(17)5-9/h4-5,7-8H,2-3,6H2,1H3. The predicted octanol–water partition coefficient (Wildman–Crippen LogP) is 3.76. The molecule has 3 nitrogen and oxygen atoms in total. The van der Waals surface area contributed by atoms with Crippen molar-refractivity contribution >= 4 is 21.7 Å². The van der Waals surface area contributed by atoms with Crippen LogP contribution in [-0.4, -0.2) is 15.6 Å². The lowest BCUT2D eigenvalue weighted by Gasteiger charge is -2.06. The maximum absolute atomic E-state index is 13.1. The highest BCUT2D eigenvalue weighted by molar-refractivity contribution is 9.10. The Kier molecular flexibility index (Phi) is 4.65. The van der Waals surface area contributed by atoms with E-state index in [-0.39, 0.29) is 12.2 Å². The number of aryl methyl sites for hydroxylation is 1. The highest BCUT2D eigenvalue weighted by Gasteiger charge is 2.17. The lowest BCUT2D eigenvalue weighted by Crippen LogP contribution is -2.13. The Morgan fingerprint density at radius 2 is 1.95 bits per heavy atom. The van der Waals surface area contributed by atoms with E-state index in [0.29, 0.717) is 22.3 Å². The van der Waals surface area contributed by atoms with Gasteiger partial charge in [-0.3, -0.25) is 9.48 Å². The van der Waals surface area contributed by atoms with Gasteiger partial charge in [0.1, 0.15) is 17.3 Å². The highest BCUT2D eigenvalue weighted by atomic mass is 79.9. The van der Waals surface area contributed by atoms with Crippen LogP contribution in [0, 0.1) is 11.6 Å². The van der Waals surface area contributed by atoms with Crippen molar-refractivity contribution in [2.24, 2.45) is 0 Å². The van der Waals surface area contributed by atoms with Gasteiger partial charge in [0, 0.05) is 19.0 Å². The molecule has 0 radical (unpaired) electrons. The van der Waals surface area contributed by atoms with Gasteiger partial charge < -0.3 is 0 Å². The minimum Gasteiger partial charge on any atom is -0.292 e. The fraction of sp³-hybridized carbons (Fsp3) is 0.286. The van der Waals surface area contributed by atoms with Crippen molar-refractivity contribution in [3.63, 3.8) is 0 Å². The first-order chi connectivity index (χ1) is 9.51. The molecule has 0 bridgehead atoms. The Hall–Kier alpha value is -1.56. The first-order valence-electron chi connectivity index (χ1n) is 6.20. The lowest BCUT2D eigenvalue weighted by atomic mass is 10.1. The number of ketones is 1. The number of Topliss-reactive ketones (excluding diaryl/α,β-unsaturated/α-hetero) is 1. The number of aromatic nitrogens is 2. The van der Waals surface area contributed by atoms with Gasteiger partial charge in [-0.05, 0) is 40.0 Å². The van der Waals surface area contributed by atoms with Gasteiger partial charge in [0.15, 0.2) is 5.78 Å². The number of rotatable bonds is 5. The summed E-state index contributed by atoms with van der Waals surface area (Å²) < 4.78 is 28.4. The van der Waals surface area contributed by atoms with Crippen LogP contribution in [-0.2, 0) is 13.0 Å². The number of carbonyl (C=O) groups is 1. The van der Waals surface area contributed by atoms with Crippen molar-refractivity contribution < 1.29 is 13.6 Å². The fourth-order valence-electron chi connectivity index (χ4n) is 2.00. The molecule has 0 fully saturated rings. The van der Waals surface area contributed by atoms with Crippen LogP contribution in [0.15, 0.2) is 28.9 Å². The van der Waals surface area contributed by atoms with E-state index in [1.807, 2.05) is 6.92 Å². The summed E-state index contributed by atoms with van der Waals surface area (Å²) in [4.78, 5) is 12.3. The Labute approximate surface area is 123 Å². The van der Waals surface area contributed by atoms with Gasteiger partial charge in [-0.25, -0.2) is 8.78 Å². The third kappa shape index (κ3) is 3.30. The Bertz CT molecular complexity index is 620. The molecule has 20 heavy (non-hydrogen) atoms. The van der Waals surface area contributed by atoms with Gasteiger partial charge in [-0.1, -0.05) is 6.92 Å². The van der Waals surface area contributed by atoms with Crippen molar-refractivity contribution in [3.8, 4) is 0 Å². The molecule has 1 aromatic heterocycles. The average Bonchev–Trinajstić information content (AvgIpc) is 2.69. The van der Waals surface area contributed by atoms with Crippen LogP contribution in [0.1, 0.15) is 29.4 Å². The zero-order valence-electron chi connectivity index (χ0n) is 10.9. The minimum absolute atomic E-state index is 0.0668. The summed E-state index contributed by atoms with van der Waals surface area (Å²) in [6.07, 6.45) is 2.32. The molecule has 0 amide bonds. The molecule has 0 aliphatic carbocycles. The topological polar surface area (TPSA) is 34.9 Å². The van der Waals surface area contributed by atoms with Crippen LogP contribution in [0.2, 0.25) is 0 Å². The first-order valence-corrected chi connectivity index (χ1v) is 7.00. The van der Waals surface area contributed by atoms with Crippen molar-refractivity contribution in [1.29, 1.82) is 0 Å². The maximum Gasteiger partial charge on any atom is 0.186 e. The summed E-state index contributed by atoms with van der Waals surface area (Å²) in [6, 6.07) is 3.11. The van der Waals surface area contributed by atoms with E-state index in [2.05, 4.69) is 21.0 Å². The molecule has 0 saturated heterocycles. The Morgan fingerprint density at radius 3 is 2.55 bits per heavy atom. The molecule has 1 aromatic carbocycles. The van der Waals surface area contributed by atoms with Gasteiger partial charge in [0.05, 0.1) is 10.7 Å². The average molecular weight is 343 g/mol. The molecule has 0 spiro atoms. The molecular formula is C14H13BrF2N2O. The summed E-state index contributed by atoms with van der Waals surface area (Å²) in [5.74, 6) is -1.60. The SMILES string of the molecule is CCCn1ncc(Br)c1C(=O)Cc1cc(F)cc(F)c1. The molecule has 0 saturated carbocycles. The van der Waals surface area contributed by atoms with E-state index in [1.165, 1.54) is 0 Å². The van der Waals surface area contributed by atoms with E-state index in [0.717, 1.165) is 24.6 Å². The summed E-state index contributed by atoms with van der Waals surface area (Å²) >= 11 is 3.28. The fourth-order valence-corrected chi connectivity index (χ4v) is 2.52. The van der Waals surface area contributed by atoms with Crippen molar-refractivity contribution in [3.05, 3.63) is 51.8 Å². The van der Waals surface area contributed by atoms with Gasteiger partial charge in [-0.2, -0.15) is 5.10 Å². The largest absolute Gasteiger partial charge is 0.292 e. The number of hydrogen-bond acceptors (Lipinski definition) is 2. The molecule has 106 valence electrons. The monoisotopic (exact) mass is 342 g/mol. The number of halogens is 3. The lowest BCUT2D eigenvalue weighted by molar-refractivity contribution is 0.0981. The van der Waals surface area contributed by atoms with E-state index in [9.17, 15) is 13.6 Å². The quantitative estimate of drug-likeness (QED) is 0.775. The molecule has 0 unspecified atom stereocenters. The molecule has 6 heteroatoms. The normalized spacial score (nSPS) is 10.8. The van der Waals surface area contributed by atoms with Gasteiger partial charge in [-0.15, -0.1) is 0 Å². The smallest absolute Gasteiger partial charge is 0.186 e. The predicted molar refractivity (Wildman–Crippen MR) is 74.6 cm³/mol. The van der Waals surface area contributed by atoms with Crippen LogP contribution >= 0.6 is 15.9 Å². The molecule has 0 aliphatic rings. The van der Waals surface area contributed by atoms with Gasteiger partial charge in [0.2, 0.25) is 0 Å². The molecular weight excluding hydrogens is 330 g/mol. The van der Waals surface area contributed by atoms with Crippen molar-refractivity contribution in [1.82, 2.24) is 9.78 Å². The van der Waals surface area contributed by atoms with E-state index < -0.39 is 11.6 Å². The second kappa shape index (κ2) is 6.26. The van der Waals surface area contributed by atoms with Crippen LogP contribution in [0.4, 0.5) is 8.78 Å². The van der Waals surface area contributed by atoms with Crippen LogP contribution in [0.3, 0.4) is 0 Å². The number of carbonyl (C=O) groups excluding carboxylic acids is 1. The van der Waals surface area contributed by atoms with Crippen molar-refractivity contribution in [2.45, 2.75) is 26.3 Å². The van der Waals surface area contributed by atoms with E-state index in [1.54, 1.807) is 10.9 Å². The van der Waals surface area contributed by atoms with Crippen LogP contribution in [0.5, 0.6) is 0 Å². The van der Waals surface area contributed by atoms with Gasteiger partial charge in [0.25, 0.3) is 0 Å². The second-order valence-corrected chi connectivity index (χ2v) is 5.30. The molecule has 2 aromatic rings. The molecule has 0 atom stereocenters. The third-order valence-corrected chi connectivity index (χ3v) is 3.36. The maximum atomic E-state index is 13.1. The molecule has 0 aliphatic heterocycles. The zero-order valence-corrected chi connectivity index (χ0v) is 12.5. The van der Waals surface area contributed by atoms with Crippen LogP contribution < -0.4 is 0 Å². The van der Waals surface area contributed by atoms with E-state index in [4.69, 9.17) is 0 Å². The third-order valence-electron chi connectivity index (χ3n) is 2.78. The molecule has 1 heterocycles. The summed E-state index contributed by atoms with van der Waals surface area (Å²) in [5.41, 5.74) is 0.736. The highest BCUT2D eigenvalue weighted by Crippen LogP contribution is 2.19. The number of nitrogens with zero attached hydrogens (tertiary/aromatic N) is 2. The second-order valence-electron chi connectivity index (χ2n) is 4.44. The summed E-state index contributed by atoms with van der Waals surface area (Å²) in [5, 5.41) is 4.10. The Balaban J connectivity index is 2.26. The first kappa shape index (κ1) is 14.8. The zero-order chi connectivity index (χ0) is 14.7. The summed E-state index contributed by atoms with van der Waals surface area (Å²) in [6.45, 7) is 2.59. The van der Waals surface area contributed by atoms with Crippen molar-refractivity contribution in [2.75, 3.05) is 0 Å². The molecule has 0 N–H and O–H groups in total. The Morgan fingerprint density at radius 1 is 1.30 bits per heavy atom. The van der Waals surface area contributed by atoms with Crippen LogP contribution in [0.25, 0.3) is 0 Å². The number of hydrogen-bond donors (Lipinski definition) is 0.